The summed E-state index contributed by atoms with van der Waals surface area (Å²) in [6, 6.07) is 14.5. The van der Waals surface area contributed by atoms with Crippen LogP contribution in [0.5, 0.6) is 0 Å². The summed E-state index contributed by atoms with van der Waals surface area (Å²) in [5.74, 6) is 0.309. The van der Waals surface area contributed by atoms with Gasteiger partial charge < -0.3 is 0 Å². The molecule has 1 atom stereocenters. The van der Waals surface area contributed by atoms with E-state index >= 15 is 0 Å². The molecule has 1 aliphatic heterocycles. The van der Waals surface area contributed by atoms with E-state index in [0.29, 0.717) is 18.0 Å². The number of rotatable bonds is 1. The Labute approximate surface area is 171 Å². The van der Waals surface area contributed by atoms with Crippen LogP contribution in [-0.4, -0.2) is 9.13 Å². The topological polar surface area (TPSA) is 39.3 Å². The predicted octanol–water partition coefficient (Wildman–Crippen LogP) is 4.55. The van der Waals surface area contributed by atoms with Crippen molar-refractivity contribution < 1.29 is 0 Å². The highest BCUT2D eigenvalue weighted by molar-refractivity contribution is 5.85. The van der Waals surface area contributed by atoms with E-state index in [9.17, 15) is 4.79 Å². The van der Waals surface area contributed by atoms with Crippen molar-refractivity contribution in [1.82, 2.24) is 9.13 Å². The van der Waals surface area contributed by atoms with Gasteiger partial charge in [-0.1, -0.05) is 31.2 Å². The van der Waals surface area contributed by atoms with Gasteiger partial charge in [-0.3, -0.25) is 9.13 Å². The van der Waals surface area contributed by atoms with E-state index in [4.69, 9.17) is 4.99 Å². The highest BCUT2D eigenvalue weighted by Gasteiger charge is 2.24. The molecular formula is C23H26ClN3O. The molecule has 3 aromatic rings. The zero-order chi connectivity index (χ0) is 19.3. The Bertz CT molecular complexity index is 1190. The van der Waals surface area contributed by atoms with Gasteiger partial charge in [0.15, 0.2) is 0 Å². The Morgan fingerprint density at radius 1 is 1.00 bits per heavy atom. The van der Waals surface area contributed by atoms with Crippen LogP contribution >= 0.6 is 12.4 Å². The van der Waals surface area contributed by atoms with E-state index in [0.717, 1.165) is 22.5 Å². The molecule has 1 unspecified atom stereocenters. The number of benzene rings is 2. The lowest BCUT2D eigenvalue weighted by atomic mass is 9.87. The lowest BCUT2D eigenvalue weighted by molar-refractivity contribution is 0.531. The summed E-state index contributed by atoms with van der Waals surface area (Å²) < 4.78 is 3.54. The van der Waals surface area contributed by atoms with Crippen molar-refractivity contribution in [3.8, 4) is 11.3 Å². The molecular weight excluding hydrogens is 370 g/mol. The van der Waals surface area contributed by atoms with Crippen molar-refractivity contribution in [2.24, 2.45) is 12.0 Å². The van der Waals surface area contributed by atoms with Gasteiger partial charge in [0.1, 0.15) is 5.49 Å². The number of nitrogens with zero attached hydrogens (tertiary/aromatic N) is 3. The minimum atomic E-state index is -0.0180. The summed E-state index contributed by atoms with van der Waals surface area (Å²) in [7, 11) is 1.80. The first kappa shape index (κ1) is 20.2. The van der Waals surface area contributed by atoms with Gasteiger partial charge in [-0.2, -0.15) is 0 Å². The predicted molar refractivity (Wildman–Crippen MR) is 117 cm³/mol. The van der Waals surface area contributed by atoms with E-state index in [1.807, 2.05) is 41.8 Å². The van der Waals surface area contributed by atoms with Crippen LogP contribution in [0.15, 0.2) is 52.3 Å². The fourth-order valence-electron chi connectivity index (χ4n) is 3.84. The Kier molecular flexibility index (Phi) is 5.35. The average Bonchev–Trinajstić information content (AvgIpc) is 2.64. The monoisotopic (exact) mass is 395 g/mol. The van der Waals surface area contributed by atoms with Gasteiger partial charge >= 0.3 is 5.69 Å². The Balaban J connectivity index is 0.00000225. The fourth-order valence-corrected chi connectivity index (χ4v) is 3.84. The Hall–Kier alpha value is -2.59. The van der Waals surface area contributed by atoms with Gasteiger partial charge in [-0.05, 0) is 61.1 Å². The SMILES string of the molecule is Cc1cc2c(cc1C)C(C)Cn1c-2cc(=Nc2ccccc2C)n(C)c1=O.Cl. The van der Waals surface area contributed by atoms with Crippen molar-refractivity contribution in [3.63, 3.8) is 0 Å². The summed E-state index contributed by atoms with van der Waals surface area (Å²) in [4.78, 5) is 17.9. The molecule has 0 radical (unpaired) electrons. The first-order valence-corrected chi connectivity index (χ1v) is 9.39. The van der Waals surface area contributed by atoms with Crippen LogP contribution in [0.25, 0.3) is 11.3 Å². The average molecular weight is 396 g/mol. The smallest absolute Gasteiger partial charge is 0.293 e. The normalized spacial score (nSPS) is 15.6. The number of fused-ring (bicyclic) bond motifs is 3. The molecule has 1 aromatic heterocycles. The van der Waals surface area contributed by atoms with Crippen molar-refractivity contribution in [3.05, 3.63) is 80.7 Å². The second-order valence-corrected chi connectivity index (χ2v) is 7.66. The summed E-state index contributed by atoms with van der Waals surface area (Å²) in [6.45, 7) is 9.19. The second-order valence-electron chi connectivity index (χ2n) is 7.66. The molecule has 0 amide bonds. The molecule has 0 saturated heterocycles. The number of aromatic nitrogens is 2. The van der Waals surface area contributed by atoms with Crippen molar-refractivity contribution in [1.29, 1.82) is 0 Å². The van der Waals surface area contributed by atoms with Gasteiger partial charge in [0.05, 0.1) is 11.4 Å². The number of hydrogen-bond acceptors (Lipinski definition) is 2. The van der Waals surface area contributed by atoms with E-state index < -0.39 is 0 Å². The third-order valence-electron chi connectivity index (χ3n) is 5.70. The maximum absolute atomic E-state index is 13.1. The molecule has 4 rings (SSSR count). The van der Waals surface area contributed by atoms with Gasteiger partial charge in [-0.15, -0.1) is 12.4 Å². The van der Waals surface area contributed by atoms with E-state index in [1.54, 1.807) is 11.6 Å². The molecule has 2 heterocycles. The molecule has 28 heavy (non-hydrogen) atoms. The molecule has 4 nitrogen and oxygen atoms in total. The summed E-state index contributed by atoms with van der Waals surface area (Å²) in [6.07, 6.45) is 0. The Morgan fingerprint density at radius 2 is 1.68 bits per heavy atom. The molecule has 0 N–H and O–H groups in total. The zero-order valence-electron chi connectivity index (χ0n) is 17.0. The first-order valence-electron chi connectivity index (χ1n) is 9.39. The van der Waals surface area contributed by atoms with Crippen LogP contribution in [0.1, 0.15) is 35.1 Å². The van der Waals surface area contributed by atoms with Crippen molar-refractivity contribution in [2.45, 2.75) is 40.2 Å². The van der Waals surface area contributed by atoms with Gasteiger partial charge in [0.25, 0.3) is 0 Å². The second kappa shape index (κ2) is 7.44. The van der Waals surface area contributed by atoms with Gasteiger partial charge in [-0.25, -0.2) is 9.79 Å². The molecule has 0 spiro atoms. The molecule has 0 aliphatic carbocycles. The van der Waals surface area contributed by atoms with E-state index in [1.165, 1.54) is 16.7 Å². The molecule has 1 aliphatic rings. The zero-order valence-corrected chi connectivity index (χ0v) is 17.8. The van der Waals surface area contributed by atoms with Crippen LogP contribution in [0.2, 0.25) is 0 Å². The van der Waals surface area contributed by atoms with Crippen LogP contribution in [0.4, 0.5) is 5.69 Å². The standard InChI is InChI=1S/C23H25N3O.ClH/c1-14-8-6-7-9-20(14)24-22-12-21-19-11-16(3)15(2)10-18(19)17(4)13-26(21)23(27)25(22)5;/h6-12,17H,13H2,1-5H3;1H. The Morgan fingerprint density at radius 3 is 2.39 bits per heavy atom. The largest absolute Gasteiger partial charge is 0.329 e. The highest BCUT2D eigenvalue weighted by Crippen LogP contribution is 2.36. The van der Waals surface area contributed by atoms with Crippen LogP contribution in [0.3, 0.4) is 0 Å². The minimum absolute atomic E-state index is 0. The number of hydrogen-bond donors (Lipinski definition) is 0. The molecule has 146 valence electrons. The van der Waals surface area contributed by atoms with Crippen LogP contribution in [-0.2, 0) is 13.6 Å². The number of aryl methyl sites for hydroxylation is 3. The summed E-state index contributed by atoms with van der Waals surface area (Å²) in [5.41, 5.74) is 8.60. The van der Waals surface area contributed by atoms with E-state index in [2.05, 4.69) is 32.9 Å². The van der Waals surface area contributed by atoms with Gasteiger partial charge in [0.2, 0.25) is 0 Å². The van der Waals surface area contributed by atoms with E-state index in [-0.39, 0.29) is 18.1 Å². The molecule has 0 saturated carbocycles. The maximum atomic E-state index is 13.1. The quantitative estimate of drug-likeness (QED) is 0.595. The van der Waals surface area contributed by atoms with Crippen LogP contribution < -0.4 is 11.2 Å². The number of para-hydroxylation sites is 1. The molecule has 0 fully saturated rings. The summed E-state index contributed by atoms with van der Waals surface area (Å²) in [5, 5.41) is 0. The lowest BCUT2D eigenvalue weighted by Gasteiger charge is -2.28. The maximum Gasteiger partial charge on any atom is 0.329 e. The fraction of sp³-hybridized carbons (Fsp3) is 0.304. The third kappa shape index (κ3) is 3.22. The van der Waals surface area contributed by atoms with Gasteiger partial charge in [0, 0.05) is 25.2 Å². The van der Waals surface area contributed by atoms with Crippen molar-refractivity contribution in [2.75, 3.05) is 0 Å². The minimum Gasteiger partial charge on any atom is -0.293 e. The molecule has 0 bridgehead atoms. The molecule has 2 aromatic carbocycles. The third-order valence-corrected chi connectivity index (χ3v) is 5.70. The first-order chi connectivity index (χ1) is 12.9. The molecule has 5 heteroatoms. The highest BCUT2D eigenvalue weighted by atomic mass is 35.5. The van der Waals surface area contributed by atoms with Crippen LogP contribution in [0, 0.1) is 20.8 Å². The van der Waals surface area contributed by atoms with Crippen molar-refractivity contribution >= 4 is 18.1 Å². The summed E-state index contributed by atoms with van der Waals surface area (Å²) >= 11 is 0. The lowest BCUT2D eigenvalue weighted by Crippen LogP contribution is -2.41. The number of halogens is 1.